The van der Waals surface area contributed by atoms with Crippen LogP contribution >= 0.6 is 0 Å². The lowest BCUT2D eigenvalue weighted by Gasteiger charge is -2.39. The van der Waals surface area contributed by atoms with Gasteiger partial charge in [-0.15, -0.1) is 0 Å². The summed E-state index contributed by atoms with van der Waals surface area (Å²) in [5.74, 6) is 1.73. The van der Waals surface area contributed by atoms with Crippen molar-refractivity contribution in [3.8, 4) is 0 Å². The molecule has 0 saturated heterocycles. The summed E-state index contributed by atoms with van der Waals surface area (Å²) in [4.78, 5) is 12.5. The lowest BCUT2D eigenvalue weighted by molar-refractivity contribution is -0.178. The van der Waals surface area contributed by atoms with Gasteiger partial charge in [-0.05, 0) is 57.8 Å². The van der Waals surface area contributed by atoms with Crippen molar-refractivity contribution < 1.29 is 14.3 Å². The molecule has 2 fully saturated rings. The van der Waals surface area contributed by atoms with Crippen molar-refractivity contribution in [3.05, 3.63) is 0 Å². The second kappa shape index (κ2) is 5.67. The molecule has 0 aromatic rings. The van der Waals surface area contributed by atoms with Gasteiger partial charge in [0.05, 0.1) is 5.41 Å². The molecule has 0 aromatic heterocycles. The van der Waals surface area contributed by atoms with Crippen LogP contribution in [0.4, 0.5) is 0 Å². The van der Waals surface area contributed by atoms with Crippen LogP contribution in [0.25, 0.3) is 0 Å². The molecule has 0 heterocycles. The van der Waals surface area contributed by atoms with Gasteiger partial charge in [-0.3, -0.25) is 4.79 Å². The zero-order valence-corrected chi connectivity index (χ0v) is 13.7. The molecule has 4 atom stereocenters. The molecular weight excluding hydrogens is 252 g/mol. The summed E-state index contributed by atoms with van der Waals surface area (Å²) < 4.78 is 11.5. The number of ether oxygens (including phenoxy) is 2. The van der Waals surface area contributed by atoms with Crippen molar-refractivity contribution in [1.29, 1.82) is 0 Å². The minimum Gasteiger partial charge on any atom is -0.458 e. The third kappa shape index (κ3) is 2.49. The van der Waals surface area contributed by atoms with Crippen molar-refractivity contribution in [2.45, 2.75) is 65.4 Å². The zero-order valence-electron chi connectivity index (χ0n) is 13.7. The molecule has 0 aliphatic heterocycles. The van der Waals surface area contributed by atoms with Crippen LogP contribution in [-0.2, 0) is 14.3 Å². The standard InChI is InChI=1S/C17H30O3/c1-6-16(3,4)15(18)20-17(7-2)10-12-8-9-14(17)13(12)11-19-5/h12-14H,6-11H2,1-5H3. The molecule has 2 saturated carbocycles. The van der Waals surface area contributed by atoms with Gasteiger partial charge in [-0.25, -0.2) is 0 Å². The lowest BCUT2D eigenvalue weighted by atomic mass is 9.80. The summed E-state index contributed by atoms with van der Waals surface area (Å²) in [5.41, 5.74) is -0.601. The molecule has 3 heteroatoms. The van der Waals surface area contributed by atoms with Gasteiger partial charge in [0.25, 0.3) is 0 Å². The maximum absolute atomic E-state index is 12.5. The van der Waals surface area contributed by atoms with Gasteiger partial charge < -0.3 is 9.47 Å². The SMILES string of the molecule is CCC(C)(C)C(=O)OC1(CC)CC2CCC1C2COC. The van der Waals surface area contributed by atoms with E-state index in [1.165, 1.54) is 12.8 Å². The number of carbonyl (C=O) groups excluding carboxylic acids is 1. The largest absolute Gasteiger partial charge is 0.458 e. The van der Waals surface area contributed by atoms with E-state index in [0.29, 0.717) is 17.8 Å². The third-order valence-corrected chi connectivity index (χ3v) is 5.94. The van der Waals surface area contributed by atoms with Crippen molar-refractivity contribution in [1.82, 2.24) is 0 Å². The van der Waals surface area contributed by atoms with Crippen molar-refractivity contribution in [3.63, 3.8) is 0 Å². The number of carbonyl (C=O) groups is 1. The van der Waals surface area contributed by atoms with Crippen LogP contribution in [-0.4, -0.2) is 25.3 Å². The molecule has 4 unspecified atom stereocenters. The highest BCUT2D eigenvalue weighted by Crippen LogP contribution is 2.58. The van der Waals surface area contributed by atoms with E-state index in [1.807, 2.05) is 13.8 Å². The third-order valence-electron chi connectivity index (χ3n) is 5.94. The summed E-state index contributed by atoms with van der Waals surface area (Å²) in [6, 6.07) is 0. The molecule has 0 spiro atoms. The first-order chi connectivity index (χ1) is 9.40. The molecule has 2 bridgehead atoms. The molecule has 2 rings (SSSR count). The van der Waals surface area contributed by atoms with Crippen LogP contribution in [0, 0.1) is 23.2 Å². The molecule has 116 valence electrons. The number of hydrogen-bond donors (Lipinski definition) is 0. The molecule has 20 heavy (non-hydrogen) atoms. The highest BCUT2D eigenvalue weighted by Gasteiger charge is 2.58. The highest BCUT2D eigenvalue weighted by atomic mass is 16.6. The van der Waals surface area contributed by atoms with Crippen LogP contribution in [0.5, 0.6) is 0 Å². The first-order valence-corrected chi connectivity index (χ1v) is 8.12. The Hall–Kier alpha value is -0.570. The normalized spacial score (nSPS) is 36.4. The molecule has 0 amide bonds. The Morgan fingerprint density at radius 3 is 2.55 bits per heavy atom. The molecule has 0 radical (unpaired) electrons. The molecule has 0 aromatic carbocycles. The van der Waals surface area contributed by atoms with E-state index in [4.69, 9.17) is 9.47 Å². The number of esters is 1. The van der Waals surface area contributed by atoms with Gasteiger partial charge in [0, 0.05) is 19.6 Å². The monoisotopic (exact) mass is 282 g/mol. The van der Waals surface area contributed by atoms with Gasteiger partial charge in [-0.1, -0.05) is 13.8 Å². The molecule has 2 aliphatic rings. The fourth-order valence-electron chi connectivity index (χ4n) is 4.16. The van der Waals surface area contributed by atoms with E-state index in [0.717, 1.165) is 25.9 Å². The Labute approximate surface area is 123 Å². The quantitative estimate of drug-likeness (QED) is 0.695. The van der Waals surface area contributed by atoms with Gasteiger partial charge in [-0.2, -0.15) is 0 Å². The second-order valence-electron chi connectivity index (χ2n) is 7.31. The van der Waals surface area contributed by atoms with Gasteiger partial charge in [0.2, 0.25) is 0 Å². The topological polar surface area (TPSA) is 35.5 Å². The molecule has 2 aliphatic carbocycles. The fourth-order valence-corrected chi connectivity index (χ4v) is 4.16. The van der Waals surface area contributed by atoms with Crippen LogP contribution in [0.15, 0.2) is 0 Å². The lowest BCUT2D eigenvalue weighted by Crippen LogP contribution is -2.44. The summed E-state index contributed by atoms with van der Waals surface area (Å²) in [6.07, 6.45) is 5.25. The Morgan fingerprint density at radius 2 is 2.00 bits per heavy atom. The Bertz CT molecular complexity index is 363. The van der Waals surface area contributed by atoms with Crippen LogP contribution < -0.4 is 0 Å². The average Bonchev–Trinajstić information content (AvgIpc) is 2.94. The van der Waals surface area contributed by atoms with E-state index in [2.05, 4.69) is 13.8 Å². The summed E-state index contributed by atoms with van der Waals surface area (Å²) in [6.45, 7) is 8.99. The maximum atomic E-state index is 12.5. The van der Waals surface area contributed by atoms with Crippen molar-refractivity contribution in [2.24, 2.45) is 23.2 Å². The summed E-state index contributed by atoms with van der Waals surface area (Å²) in [5, 5.41) is 0. The highest BCUT2D eigenvalue weighted by molar-refractivity contribution is 5.76. The van der Waals surface area contributed by atoms with Gasteiger partial charge >= 0.3 is 5.97 Å². The smallest absolute Gasteiger partial charge is 0.312 e. The van der Waals surface area contributed by atoms with Crippen LogP contribution in [0.1, 0.15) is 59.8 Å². The van der Waals surface area contributed by atoms with E-state index in [-0.39, 0.29) is 17.0 Å². The average molecular weight is 282 g/mol. The second-order valence-corrected chi connectivity index (χ2v) is 7.31. The minimum absolute atomic E-state index is 0.0226. The number of hydrogen-bond acceptors (Lipinski definition) is 3. The molecular formula is C17H30O3. The zero-order chi connectivity index (χ0) is 15.0. The van der Waals surface area contributed by atoms with E-state index >= 15 is 0 Å². The number of methoxy groups -OCH3 is 1. The van der Waals surface area contributed by atoms with Crippen molar-refractivity contribution in [2.75, 3.05) is 13.7 Å². The molecule has 0 N–H and O–H groups in total. The van der Waals surface area contributed by atoms with E-state index in [9.17, 15) is 4.79 Å². The summed E-state index contributed by atoms with van der Waals surface area (Å²) in [7, 11) is 1.78. The van der Waals surface area contributed by atoms with Crippen LogP contribution in [0.3, 0.4) is 0 Å². The van der Waals surface area contributed by atoms with Crippen molar-refractivity contribution >= 4 is 5.97 Å². The van der Waals surface area contributed by atoms with Gasteiger partial charge in [0.15, 0.2) is 0 Å². The van der Waals surface area contributed by atoms with Crippen LogP contribution in [0.2, 0.25) is 0 Å². The Morgan fingerprint density at radius 1 is 1.30 bits per heavy atom. The molecule has 3 nitrogen and oxygen atoms in total. The number of fused-ring (bicyclic) bond motifs is 2. The fraction of sp³-hybridized carbons (Fsp3) is 0.941. The first-order valence-electron chi connectivity index (χ1n) is 8.12. The summed E-state index contributed by atoms with van der Waals surface area (Å²) >= 11 is 0. The predicted octanol–water partition coefficient (Wildman–Crippen LogP) is 3.81. The number of rotatable bonds is 6. The van der Waals surface area contributed by atoms with Gasteiger partial charge in [0.1, 0.15) is 5.60 Å². The predicted molar refractivity (Wildman–Crippen MR) is 79.4 cm³/mol. The maximum Gasteiger partial charge on any atom is 0.312 e. The Kier molecular flexibility index (Phi) is 4.48. The minimum atomic E-state index is -0.374. The first kappa shape index (κ1) is 15.8. The van der Waals surface area contributed by atoms with E-state index in [1.54, 1.807) is 7.11 Å². The van der Waals surface area contributed by atoms with E-state index < -0.39 is 0 Å². The Balaban J connectivity index is 2.14.